The van der Waals surface area contributed by atoms with Crippen LogP contribution in [0.4, 0.5) is 5.69 Å². The number of benzene rings is 2. The maximum Gasteiger partial charge on any atom is 0.336 e. The van der Waals surface area contributed by atoms with Crippen LogP contribution in [0.2, 0.25) is 0 Å². The second kappa shape index (κ2) is 6.12. The third-order valence-corrected chi connectivity index (χ3v) is 3.69. The molecule has 0 atom stereocenters. The Morgan fingerprint density at radius 1 is 1.12 bits per heavy atom. The summed E-state index contributed by atoms with van der Waals surface area (Å²) in [6.07, 6.45) is 1.68. The van der Waals surface area contributed by atoms with E-state index in [9.17, 15) is 9.59 Å². The highest BCUT2D eigenvalue weighted by atomic mass is 16.5. The number of H-pyrrole nitrogens is 1. The molecule has 0 radical (unpaired) electrons. The van der Waals surface area contributed by atoms with Gasteiger partial charge in [0.25, 0.3) is 5.91 Å². The lowest BCUT2D eigenvalue weighted by molar-refractivity contribution is -0.118. The van der Waals surface area contributed by atoms with E-state index in [1.807, 2.05) is 12.1 Å². The summed E-state index contributed by atoms with van der Waals surface area (Å²) in [5.41, 5.74) is 1.53. The topological polar surface area (TPSA) is 97.2 Å². The molecule has 0 saturated carbocycles. The summed E-state index contributed by atoms with van der Waals surface area (Å²) in [7, 11) is 0. The number of hydrogen-bond acceptors (Lipinski definition) is 5. The molecule has 0 fully saturated rings. The Kier molecular flexibility index (Phi) is 3.66. The fraction of sp³-hybridized carbons (Fsp3) is 0.0556. The van der Waals surface area contributed by atoms with Crippen molar-refractivity contribution in [3.05, 3.63) is 65.1 Å². The number of carbonyl (C=O) groups is 1. The van der Waals surface area contributed by atoms with Gasteiger partial charge in [0.2, 0.25) is 0 Å². The zero-order chi connectivity index (χ0) is 17.2. The van der Waals surface area contributed by atoms with Crippen molar-refractivity contribution in [2.75, 3.05) is 11.9 Å². The summed E-state index contributed by atoms with van der Waals surface area (Å²) >= 11 is 0. The molecule has 2 aromatic heterocycles. The van der Waals surface area contributed by atoms with Gasteiger partial charge in [-0.25, -0.2) is 4.79 Å². The number of carbonyl (C=O) groups excluding carboxylic acids is 1. The summed E-state index contributed by atoms with van der Waals surface area (Å²) in [6.45, 7) is -0.161. The molecule has 2 N–H and O–H groups in total. The lowest BCUT2D eigenvalue weighted by Gasteiger charge is -2.08. The Morgan fingerprint density at radius 2 is 2.00 bits per heavy atom. The van der Waals surface area contributed by atoms with Gasteiger partial charge in [-0.2, -0.15) is 5.10 Å². The lowest BCUT2D eigenvalue weighted by atomic mass is 10.2. The minimum absolute atomic E-state index is 0.161. The van der Waals surface area contributed by atoms with E-state index in [-0.39, 0.29) is 12.5 Å². The first-order valence-corrected chi connectivity index (χ1v) is 7.57. The molecule has 1 amide bonds. The van der Waals surface area contributed by atoms with E-state index in [1.165, 1.54) is 6.07 Å². The predicted molar refractivity (Wildman–Crippen MR) is 92.7 cm³/mol. The van der Waals surface area contributed by atoms with Gasteiger partial charge in [0.05, 0.1) is 11.7 Å². The molecule has 0 aliphatic carbocycles. The first-order chi connectivity index (χ1) is 12.2. The Labute approximate surface area is 141 Å². The summed E-state index contributed by atoms with van der Waals surface area (Å²) in [5, 5.41) is 11.2. The van der Waals surface area contributed by atoms with Crippen LogP contribution in [-0.4, -0.2) is 22.7 Å². The molecule has 4 aromatic rings. The van der Waals surface area contributed by atoms with Crippen molar-refractivity contribution < 1.29 is 13.9 Å². The Morgan fingerprint density at radius 3 is 2.92 bits per heavy atom. The van der Waals surface area contributed by atoms with Crippen LogP contribution in [0.25, 0.3) is 21.9 Å². The molecule has 7 nitrogen and oxygen atoms in total. The van der Waals surface area contributed by atoms with Gasteiger partial charge in [0.1, 0.15) is 11.3 Å². The minimum Gasteiger partial charge on any atom is -0.484 e. The number of amides is 1. The summed E-state index contributed by atoms with van der Waals surface area (Å²) in [4.78, 5) is 23.3. The molecule has 25 heavy (non-hydrogen) atoms. The summed E-state index contributed by atoms with van der Waals surface area (Å²) < 4.78 is 10.6. The number of anilines is 1. The Balaban J connectivity index is 1.43. The van der Waals surface area contributed by atoms with Crippen LogP contribution in [-0.2, 0) is 4.79 Å². The van der Waals surface area contributed by atoms with Crippen molar-refractivity contribution in [1.82, 2.24) is 10.2 Å². The van der Waals surface area contributed by atoms with Gasteiger partial charge in [0.15, 0.2) is 6.61 Å². The van der Waals surface area contributed by atoms with Crippen molar-refractivity contribution >= 4 is 33.5 Å². The molecule has 7 heteroatoms. The van der Waals surface area contributed by atoms with Gasteiger partial charge in [-0.05, 0) is 36.4 Å². The van der Waals surface area contributed by atoms with E-state index in [2.05, 4.69) is 15.5 Å². The number of aromatic nitrogens is 2. The largest absolute Gasteiger partial charge is 0.484 e. The van der Waals surface area contributed by atoms with Crippen molar-refractivity contribution in [2.45, 2.75) is 0 Å². The van der Waals surface area contributed by atoms with Crippen LogP contribution in [0.5, 0.6) is 5.75 Å². The van der Waals surface area contributed by atoms with Crippen molar-refractivity contribution in [2.24, 2.45) is 0 Å². The highest BCUT2D eigenvalue weighted by molar-refractivity contribution is 5.94. The first kappa shape index (κ1) is 14.9. The number of fused-ring (bicyclic) bond motifs is 2. The fourth-order valence-electron chi connectivity index (χ4n) is 2.50. The predicted octanol–water partition coefficient (Wildman–Crippen LogP) is 2.69. The van der Waals surface area contributed by atoms with Gasteiger partial charge in [0, 0.05) is 28.6 Å². The van der Waals surface area contributed by atoms with Crippen LogP contribution in [0.3, 0.4) is 0 Å². The zero-order valence-electron chi connectivity index (χ0n) is 13.0. The van der Waals surface area contributed by atoms with E-state index in [0.717, 1.165) is 16.3 Å². The van der Waals surface area contributed by atoms with Crippen LogP contribution in [0.15, 0.2) is 63.9 Å². The standard InChI is InChI=1S/C18H13N3O4/c22-17(20-13-3-5-15-12(7-13)9-19-21-15)10-24-14-4-1-11-2-6-18(23)25-16(11)8-14/h1-9H,10H2,(H,19,21)(H,20,22). The van der Waals surface area contributed by atoms with E-state index < -0.39 is 5.63 Å². The van der Waals surface area contributed by atoms with E-state index >= 15 is 0 Å². The molecule has 2 heterocycles. The van der Waals surface area contributed by atoms with Gasteiger partial charge in [-0.1, -0.05) is 0 Å². The zero-order valence-corrected chi connectivity index (χ0v) is 13.0. The second-order valence-electron chi connectivity index (χ2n) is 5.46. The molecule has 0 saturated heterocycles. The van der Waals surface area contributed by atoms with Gasteiger partial charge < -0.3 is 14.5 Å². The third kappa shape index (κ3) is 3.20. The highest BCUT2D eigenvalue weighted by Gasteiger charge is 2.06. The summed E-state index contributed by atoms with van der Waals surface area (Å²) in [5.74, 6) is 0.153. The quantitative estimate of drug-likeness (QED) is 0.559. The average Bonchev–Trinajstić information content (AvgIpc) is 3.07. The lowest BCUT2D eigenvalue weighted by Crippen LogP contribution is -2.20. The molecule has 124 valence electrons. The van der Waals surface area contributed by atoms with E-state index in [4.69, 9.17) is 9.15 Å². The fourth-order valence-corrected chi connectivity index (χ4v) is 2.50. The van der Waals surface area contributed by atoms with Crippen molar-refractivity contribution in [1.29, 1.82) is 0 Å². The second-order valence-corrected chi connectivity index (χ2v) is 5.46. The molecule has 0 unspecified atom stereocenters. The number of hydrogen-bond donors (Lipinski definition) is 2. The van der Waals surface area contributed by atoms with Crippen molar-refractivity contribution in [3.8, 4) is 5.75 Å². The normalized spacial score (nSPS) is 10.9. The van der Waals surface area contributed by atoms with Crippen LogP contribution in [0.1, 0.15) is 0 Å². The number of nitrogens with one attached hydrogen (secondary N) is 2. The molecule has 0 aliphatic heterocycles. The molecule has 2 aromatic carbocycles. The van der Waals surface area contributed by atoms with Crippen LogP contribution in [0, 0.1) is 0 Å². The van der Waals surface area contributed by atoms with Crippen LogP contribution >= 0.6 is 0 Å². The first-order valence-electron chi connectivity index (χ1n) is 7.57. The number of ether oxygens (including phenoxy) is 1. The van der Waals surface area contributed by atoms with E-state index in [1.54, 1.807) is 36.5 Å². The minimum atomic E-state index is -0.433. The average molecular weight is 335 g/mol. The van der Waals surface area contributed by atoms with Gasteiger partial charge in [-0.15, -0.1) is 0 Å². The molecular formula is C18H13N3O4. The number of nitrogens with zero attached hydrogens (tertiary/aromatic N) is 1. The van der Waals surface area contributed by atoms with E-state index in [0.29, 0.717) is 17.0 Å². The molecular weight excluding hydrogens is 322 g/mol. The maximum absolute atomic E-state index is 12.0. The molecule has 0 aliphatic rings. The molecule has 0 spiro atoms. The third-order valence-electron chi connectivity index (χ3n) is 3.69. The van der Waals surface area contributed by atoms with Crippen LogP contribution < -0.4 is 15.7 Å². The molecule has 4 rings (SSSR count). The molecule has 0 bridgehead atoms. The number of aromatic amines is 1. The smallest absolute Gasteiger partial charge is 0.336 e. The summed E-state index contributed by atoms with van der Waals surface area (Å²) in [6, 6.07) is 13.5. The van der Waals surface area contributed by atoms with Gasteiger partial charge >= 0.3 is 5.63 Å². The SMILES string of the molecule is O=C(COc1ccc2ccc(=O)oc2c1)Nc1ccc2[nH]ncc2c1. The number of rotatable bonds is 4. The highest BCUT2D eigenvalue weighted by Crippen LogP contribution is 2.20. The monoisotopic (exact) mass is 335 g/mol. The van der Waals surface area contributed by atoms with Crippen molar-refractivity contribution in [3.63, 3.8) is 0 Å². The van der Waals surface area contributed by atoms with Gasteiger partial charge in [-0.3, -0.25) is 9.89 Å². The Bertz CT molecular complexity index is 1130. The Hall–Kier alpha value is -3.61. The maximum atomic E-state index is 12.0.